The van der Waals surface area contributed by atoms with Gasteiger partial charge in [-0.15, -0.1) is 0 Å². The van der Waals surface area contributed by atoms with Crippen LogP contribution in [-0.4, -0.2) is 65.7 Å². The first-order chi connectivity index (χ1) is 12.5. The third-order valence-corrected chi connectivity index (χ3v) is 4.80. The van der Waals surface area contributed by atoms with E-state index in [0.29, 0.717) is 0 Å². The lowest BCUT2D eigenvalue weighted by Gasteiger charge is -2.40. The van der Waals surface area contributed by atoms with Crippen LogP contribution in [0.1, 0.15) is 71.1 Å². The first kappa shape index (κ1) is 23.3. The van der Waals surface area contributed by atoms with E-state index < -0.39 is 43.3 Å². The van der Waals surface area contributed by atoms with Crippen molar-refractivity contribution in [2.45, 2.75) is 102 Å². The minimum Gasteiger partial charge on any atom is -0.457 e. The summed E-state index contributed by atoms with van der Waals surface area (Å²) < 4.78 is 15.5. The number of rotatable bonds is 13. The fourth-order valence-corrected chi connectivity index (χ4v) is 3.18. The van der Waals surface area contributed by atoms with Gasteiger partial charge in [-0.05, 0) is 6.42 Å². The molecular weight excluding hydrogens is 340 g/mol. The monoisotopic (exact) mass is 376 g/mol. The van der Waals surface area contributed by atoms with Crippen LogP contribution in [0, 0.1) is 0 Å². The van der Waals surface area contributed by atoms with Crippen LogP contribution in [-0.2, 0) is 19.0 Å². The summed E-state index contributed by atoms with van der Waals surface area (Å²) >= 11 is 0. The van der Waals surface area contributed by atoms with Gasteiger partial charge in [-0.25, -0.2) is 0 Å². The third kappa shape index (κ3) is 7.88. The fraction of sp³-hybridized carbons (Fsp3) is 0.947. The van der Waals surface area contributed by atoms with Crippen LogP contribution in [0.4, 0.5) is 0 Å². The van der Waals surface area contributed by atoms with Gasteiger partial charge in [0.2, 0.25) is 0 Å². The van der Waals surface area contributed by atoms with Crippen LogP contribution < -0.4 is 0 Å². The summed E-state index contributed by atoms with van der Waals surface area (Å²) in [6.45, 7) is 1.76. The lowest BCUT2D eigenvalue weighted by atomic mass is 9.99. The number of ether oxygens (including phenoxy) is 3. The number of esters is 1. The highest BCUT2D eigenvalue weighted by molar-refractivity contribution is 5.69. The summed E-state index contributed by atoms with van der Waals surface area (Å²) in [5.41, 5.74) is 0. The third-order valence-electron chi connectivity index (χ3n) is 4.80. The Morgan fingerprint density at radius 3 is 2.08 bits per heavy atom. The van der Waals surface area contributed by atoms with Crippen molar-refractivity contribution in [2.75, 3.05) is 13.7 Å². The maximum absolute atomic E-state index is 12.0. The maximum atomic E-state index is 12.0. The van der Waals surface area contributed by atoms with Crippen molar-refractivity contribution in [3.63, 3.8) is 0 Å². The molecule has 1 saturated heterocycles. The molecule has 1 aliphatic rings. The van der Waals surface area contributed by atoms with Gasteiger partial charge in [0.05, 0.1) is 6.61 Å². The van der Waals surface area contributed by atoms with E-state index in [1.165, 1.54) is 45.6 Å². The average Bonchev–Trinajstić information content (AvgIpc) is 2.64. The molecule has 0 amide bonds. The van der Waals surface area contributed by atoms with Crippen LogP contribution in [0.15, 0.2) is 0 Å². The number of carbonyl (C=O) groups is 1. The molecule has 26 heavy (non-hydrogen) atoms. The molecule has 0 aromatic heterocycles. The van der Waals surface area contributed by atoms with Crippen LogP contribution in [0.25, 0.3) is 0 Å². The minimum absolute atomic E-state index is 0.251. The summed E-state index contributed by atoms with van der Waals surface area (Å²) in [6.07, 6.45) is 4.81. The molecule has 0 aromatic rings. The molecule has 0 aliphatic carbocycles. The highest BCUT2D eigenvalue weighted by Gasteiger charge is 2.46. The molecule has 0 bridgehead atoms. The molecule has 0 saturated carbocycles. The molecule has 1 aliphatic heterocycles. The summed E-state index contributed by atoms with van der Waals surface area (Å²) in [5, 5.41) is 29.4. The minimum atomic E-state index is -1.36. The van der Waals surface area contributed by atoms with Crippen molar-refractivity contribution in [3.8, 4) is 0 Å². The zero-order valence-electron chi connectivity index (χ0n) is 16.1. The Labute approximate surface area is 156 Å². The highest BCUT2D eigenvalue weighted by Crippen LogP contribution is 2.24. The molecule has 0 radical (unpaired) electrons. The number of hydrogen-bond donors (Lipinski definition) is 3. The first-order valence-corrected chi connectivity index (χ1v) is 9.89. The molecule has 5 atom stereocenters. The van der Waals surface area contributed by atoms with E-state index >= 15 is 0 Å². The fourth-order valence-electron chi connectivity index (χ4n) is 3.18. The van der Waals surface area contributed by atoms with Crippen molar-refractivity contribution in [1.82, 2.24) is 0 Å². The Bertz CT molecular complexity index is 375. The Morgan fingerprint density at radius 1 is 0.962 bits per heavy atom. The number of hydrogen-bond acceptors (Lipinski definition) is 7. The van der Waals surface area contributed by atoms with E-state index in [4.69, 9.17) is 14.2 Å². The van der Waals surface area contributed by atoms with E-state index in [2.05, 4.69) is 6.92 Å². The Hall–Kier alpha value is -0.730. The molecule has 0 aromatic carbocycles. The predicted octanol–water partition coefficient (Wildman–Crippen LogP) is 1.90. The first-order valence-electron chi connectivity index (χ1n) is 9.89. The number of aliphatic hydroxyl groups is 3. The summed E-state index contributed by atoms with van der Waals surface area (Å²) in [6, 6.07) is 0. The molecule has 154 valence electrons. The molecule has 7 heteroatoms. The van der Waals surface area contributed by atoms with Gasteiger partial charge in [-0.3, -0.25) is 4.79 Å². The number of carbonyl (C=O) groups excluding carboxylic acids is 1. The van der Waals surface area contributed by atoms with E-state index in [1.54, 1.807) is 0 Å². The zero-order chi connectivity index (χ0) is 19.4. The lowest BCUT2D eigenvalue weighted by molar-refractivity contribution is -0.297. The average molecular weight is 376 g/mol. The molecular formula is C19H36O7. The van der Waals surface area contributed by atoms with Crippen LogP contribution in [0.5, 0.6) is 0 Å². The normalized spacial score (nSPS) is 28.9. The smallest absolute Gasteiger partial charge is 0.306 e. The van der Waals surface area contributed by atoms with Crippen LogP contribution >= 0.6 is 0 Å². The van der Waals surface area contributed by atoms with E-state index in [-0.39, 0.29) is 6.42 Å². The molecule has 1 fully saturated rings. The van der Waals surface area contributed by atoms with Gasteiger partial charge >= 0.3 is 5.97 Å². The molecule has 7 nitrogen and oxygen atoms in total. The number of unbranched alkanes of at least 4 members (excludes halogenated alkanes) is 8. The molecule has 3 N–H and O–H groups in total. The molecule has 0 unspecified atom stereocenters. The van der Waals surface area contributed by atoms with Crippen LogP contribution in [0.3, 0.4) is 0 Å². The second kappa shape index (κ2) is 13.4. The molecule has 1 rings (SSSR count). The predicted molar refractivity (Wildman–Crippen MR) is 96.5 cm³/mol. The van der Waals surface area contributed by atoms with Gasteiger partial charge in [0, 0.05) is 13.5 Å². The van der Waals surface area contributed by atoms with Crippen molar-refractivity contribution in [2.24, 2.45) is 0 Å². The standard InChI is InChI=1S/C19H36O7/c1-3-4-5-6-7-8-9-10-11-12-15(21)26-18-14(13-20)25-19(24-2)17(23)16(18)22/h14,16-20,22-23H,3-13H2,1-2H3/t14-,16-,17-,18-,19+/m1/s1. The zero-order valence-corrected chi connectivity index (χ0v) is 16.1. The lowest BCUT2D eigenvalue weighted by Crippen LogP contribution is -2.60. The molecule has 1 heterocycles. The Kier molecular flexibility index (Phi) is 12.0. The summed E-state index contributed by atoms with van der Waals surface area (Å²) in [7, 11) is 1.32. The molecule has 0 spiro atoms. The summed E-state index contributed by atoms with van der Waals surface area (Å²) in [5.74, 6) is -0.456. The van der Waals surface area contributed by atoms with Crippen molar-refractivity contribution < 1.29 is 34.3 Å². The van der Waals surface area contributed by atoms with Crippen molar-refractivity contribution in [3.05, 3.63) is 0 Å². The SMILES string of the molecule is CCCCCCCCCCCC(=O)O[C@H]1[C@H](O)[C@@H](O)[C@@H](OC)O[C@@H]1CO. The van der Waals surface area contributed by atoms with Crippen molar-refractivity contribution >= 4 is 5.97 Å². The quantitative estimate of drug-likeness (QED) is 0.333. The topological polar surface area (TPSA) is 105 Å². The number of methoxy groups -OCH3 is 1. The van der Waals surface area contributed by atoms with E-state index in [1.807, 2.05) is 0 Å². The van der Waals surface area contributed by atoms with Gasteiger partial charge in [0.15, 0.2) is 12.4 Å². The second-order valence-corrected chi connectivity index (χ2v) is 6.98. The maximum Gasteiger partial charge on any atom is 0.306 e. The van der Waals surface area contributed by atoms with Gasteiger partial charge in [-0.1, -0.05) is 58.3 Å². The van der Waals surface area contributed by atoms with E-state index in [0.717, 1.165) is 19.3 Å². The Morgan fingerprint density at radius 2 is 1.54 bits per heavy atom. The summed E-state index contributed by atoms with van der Waals surface area (Å²) in [4.78, 5) is 12.0. The highest BCUT2D eigenvalue weighted by atomic mass is 16.7. The van der Waals surface area contributed by atoms with Gasteiger partial charge in [0.25, 0.3) is 0 Å². The van der Waals surface area contributed by atoms with Gasteiger partial charge < -0.3 is 29.5 Å². The van der Waals surface area contributed by atoms with Crippen molar-refractivity contribution in [1.29, 1.82) is 0 Å². The van der Waals surface area contributed by atoms with Gasteiger partial charge in [-0.2, -0.15) is 0 Å². The van der Waals surface area contributed by atoms with Crippen LogP contribution in [0.2, 0.25) is 0 Å². The second-order valence-electron chi connectivity index (χ2n) is 6.98. The Balaban J connectivity index is 2.23. The van der Waals surface area contributed by atoms with E-state index in [9.17, 15) is 20.1 Å². The largest absolute Gasteiger partial charge is 0.457 e. The van der Waals surface area contributed by atoms with Gasteiger partial charge in [0.1, 0.15) is 18.3 Å². The number of aliphatic hydroxyl groups excluding tert-OH is 3.